The topological polar surface area (TPSA) is 99.1 Å². The monoisotopic (exact) mass is 274 g/mol. The van der Waals surface area contributed by atoms with E-state index < -0.39 is 11.9 Å². The molecule has 7 heteroatoms. The molecule has 3 N–H and O–H groups in total. The minimum Gasteiger partial charge on any atom is -0.481 e. The summed E-state index contributed by atoms with van der Waals surface area (Å²) in [6.45, 7) is 3.07. The zero-order valence-corrected chi connectivity index (χ0v) is 11.2. The zero-order chi connectivity index (χ0) is 14.3. The number of aliphatic hydroxyl groups excluding tert-OH is 1. The smallest absolute Gasteiger partial charge is 0.317 e. The van der Waals surface area contributed by atoms with Crippen molar-refractivity contribution in [1.29, 1.82) is 0 Å². The maximum Gasteiger partial charge on any atom is 0.317 e. The van der Waals surface area contributed by atoms with Gasteiger partial charge in [0.25, 0.3) is 0 Å². The number of ether oxygens (including phenoxy) is 1. The van der Waals surface area contributed by atoms with E-state index in [2.05, 4.69) is 5.32 Å². The zero-order valence-electron chi connectivity index (χ0n) is 11.2. The molecule has 0 aliphatic carbocycles. The molecule has 2 amide bonds. The molecule has 1 aliphatic heterocycles. The molecule has 0 aromatic carbocycles. The average molecular weight is 274 g/mol. The lowest BCUT2D eigenvalue weighted by molar-refractivity contribution is -0.141. The Kier molecular flexibility index (Phi) is 6.58. The van der Waals surface area contributed by atoms with Crippen molar-refractivity contribution in [3.05, 3.63) is 0 Å². The van der Waals surface area contributed by atoms with Crippen molar-refractivity contribution >= 4 is 12.0 Å². The Labute approximate surface area is 112 Å². The van der Waals surface area contributed by atoms with Crippen molar-refractivity contribution < 1.29 is 24.5 Å². The molecule has 1 heterocycles. The van der Waals surface area contributed by atoms with Crippen LogP contribution in [-0.4, -0.2) is 66.1 Å². The van der Waals surface area contributed by atoms with Crippen LogP contribution >= 0.6 is 0 Å². The van der Waals surface area contributed by atoms with Crippen LogP contribution in [0.25, 0.3) is 0 Å². The van der Waals surface area contributed by atoms with E-state index in [-0.39, 0.29) is 25.3 Å². The normalized spacial score (nSPS) is 20.9. The van der Waals surface area contributed by atoms with Gasteiger partial charge in [0.05, 0.1) is 31.8 Å². The summed E-state index contributed by atoms with van der Waals surface area (Å²) in [4.78, 5) is 24.4. The van der Waals surface area contributed by atoms with E-state index in [4.69, 9.17) is 14.9 Å². The third-order valence-electron chi connectivity index (χ3n) is 3.12. The minimum absolute atomic E-state index is 0.128. The molecule has 0 bridgehead atoms. The molecule has 7 nitrogen and oxygen atoms in total. The van der Waals surface area contributed by atoms with Crippen LogP contribution in [0.15, 0.2) is 0 Å². The second-order valence-electron chi connectivity index (χ2n) is 4.63. The number of hydrogen-bond acceptors (Lipinski definition) is 4. The van der Waals surface area contributed by atoms with Gasteiger partial charge in [0.2, 0.25) is 0 Å². The van der Waals surface area contributed by atoms with Crippen molar-refractivity contribution in [2.45, 2.75) is 25.9 Å². The molecule has 2 atom stereocenters. The van der Waals surface area contributed by atoms with Crippen LogP contribution in [0.2, 0.25) is 0 Å². The van der Waals surface area contributed by atoms with Crippen molar-refractivity contribution in [3.8, 4) is 0 Å². The molecule has 0 aromatic rings. The third-order valence-corrected chi connectivity index (χ3v) is 3.12. The van der Waals surface area contributed by atoms with Crippen molar-refractivity contribution in [2.75, 3.05) is 32.8 Å². The van der Waals surface area contributed by atoms with E-state index in [0.717, 1.165) is 6.42 Å². The molecule has 1 rings (SSSR count). The van der Waals surface area contributed by atoms with E-state index in [0.29, 0.717) is 26.1 Å². The van der Waals surface area contributed by atoms with Crippen LogP contribution in [0, 0.1) is 5.92 Å². The predicted octanol–water partition coefficient (Wildman–Crippen LogP) is -0.110. The lowest BCUT2D eigenvalue weighted by Gasteiger charge is -2.32. The number of carbonyl (C=O) groups excluding carboxylic acids is 1. The van der Waals surface area contributed by atoms with E-state index in [1.54, 1.807) is 0 Å². The van der Waals surface area contributed by atoms with Gasteiger partial charge in [0.15, 0.2) is 0 Å². The van der Waals surface area contributed by atoms with Gasteiger partial charge in [0, 0.05) is 13.1 Å². The van der Waals surface area contributed by atoms with Crippen molar-refractivity contribution in [1.82, 2.24) is 10.2 Å². The van der Waals surface area contributed by atoms with Crippen LogP contribution < -0.4 is 5.32 Å². The number of hydrogen-bond donors (Lipinski definition) is 3. The highest BCUT2D eigenvalue weighted by molar-refractivity contribution is 5.76. The van der Waals surface area contributed by atoms with Gasteiger partial charge in [-0.25, -0.2) is 4.79 Å². The van der Waals surface area contributed by atoms with E-state index in [9.17, 15) is 9.59 Å². The Balaban J connectivity index is 2.39. The number of rotatable bonds is 6. The highest BCUT2D eigenvalue weighted by atomic mass is 16.5. The number of morpholine rings is 1. The first-order chi connectivity index (χ1) is 9.08. The molecule has 19 heavy (non-hydrogen) atoms. The number of aliphatic carboxylic acids is 1. The SMILES string of the molecule is CCCC(CNC(=O)N1CCOC(CO)C1)C(=O)O. The predicted molar refractivity (Wildman–Crippen MR) is 67.8 cm³/mol. The highest BCUT2D eigenvalue weighted by Crippen LogP contribution is 2.07. The fourth-order valence-corrected chi connectivity index (χ4v) is 2.00. The lowest BCUT2D eigenvalue weighted by Crippen LogP contribution is -2.51. The summed E-state index contributed by atoms with van der Waals surface area (Å²) in [5.74, 6) is -1.44. The van der Waals surface area contributed by atoms with Gasteiger partial charge >= 0.3 is 12.0 Å². The lowest BCUT2D eigenvalue weighted by atomic mass is 10.0. The van der Waals surface area contributed by atoms with E-state index in [1.165, 1.54) is 4.90 Å². The summed E-state index contributed by atoms with van der Waals surface area (Å²) in [7, 11) is 0. The highest BCUT2D eigenvalue weighted by Gasteiger charge is 2.25. The van der Waals surface area contributed by atoms with Gasteiger partial charge in [-0.3, -0.25) is 4.79 Å². The molecule has 0 saturated carbocycles. The number of carbonyl (C=O) groups is 2. The molecular formula is C12H22N2O5. The van der Waals surface area contributed by atoms with Gasteiger partial charge in [-0.1, -0.05) is 13.3 Å². The van der Waals surface area contributed by atoms with Crippen molar-refractivity contribution in [3.63, 3.8) is 0 Å². The van der Waals surface area contributed by atoms with Crippen LogP contribution in [0.3, 0.4) is 0 Å². The van der Waals surface area contributed by atoms with Crippen LogP contribution in [-0.2, 0) is 9.53 Å². The molecule has 1 saturated heterocycles. The first kappa shape index (κ1) is 15.7. The van der Waals surface area contributed by atoms with Gasteiger partial charge < -0.3 is 25.2 Å². The number of nitrogens with one attached hydrogen (secondary N) is 1. The summed E-state index contributed by atoms with van der Waals surface area (Å²) in [6.07, 6.45) is 0.944. The quantitative estimate of drug-likeness (QED) is 0.627. The number of carboxylic acid groups (broad SMARTS) is 1. The van der Waals surface area contributed by atoms with E-state index >= 15 is 0 Å². The fourth-order valence-electron chi connectivity index (χ4n) is 2.00. The summed E-state index contributed by atoms with van der Waals surface area (Å²) < 4.78 is 5.24. The summed E-state index contributed by atoms with van der Waals surface area (Å²) in [5.41, 5.74) is 0. The Morgan fingerprint density at radius 3 is 2.84 bits per heavy atom. The molecule has 1 aliphatic rings. The molecule has 0 spiro atoms. The number of aliphatic hydroxyl groups is 1. The maximum atomic E-state index is 11.9. The molecule has 1 fully saturated rings. The number of carboxylic acids is 1. The van der Waals surface area contributed by atoms with Gasteiger partial charge in [-0.05, 0) is 6.42 Å². The van der Waals surface area contributed by atoms with E-state index in [1.807, 2.05) is 6.92 Å². The van der Waals surface area contributed by atoms with Gasteiger partial charge in [0.1, 0.15) is 0 Å². The Morgan fingerprint density at radius 2 is 2.26 bits per heavy atom. The average Bonchev–Trinajstić information content (AvgIpc) is 2.42. The van der Waals surface area contributed by atoms with Gasteiger partial charge in [-0.2, -0.15) is 0 Å². The second kappa shape index (κ2) is 7.96. The van der Waals surface area contributed by atoms with Crippen LogP contribution in [0.4, 0.5) is 4.79 Å². The van der Waals surface area contributed by atoms with Gasteiger partial charge in [-0.15, -0.1) is 0 Å². The summed E-state index contributed by atoms with van der Waals surface area (Å²) in [6, 6.07) is -0.302. The molecule has 0 radical (unpaired) electrons. The molecule has 110 valence electrons. The fraction of sp³-hybridized carbons (Fsp3) is 0.833. The second-order valence-corrected chi connectivity index (χ2v) is 4.63. The first-order valence-electron chi connectivity index (χ1n) is 6.56. The Hall–Kier alpha value is -1.34. The van der Waals surface area contributed by atoms with Crippen LogP contribution in [0.5, 0.6) is 0 Å². The summed E-state index contributed by atoms with van der Waals surface area (Å²) in [5, 5.41) is 20.6. The maximum absolute atomic E-state index is 11.9. The number of urea groups is 1. The molecule has 0 aromatic heterocycles. The summed E-state index contributed by atoms with van der Waals surface area (Å²) >= 11 is 0. The first-order valence-corrected chi connectivity index (χ1v) is 6.56. The Morgan fingerprint density at radius 1 is 1.53 bits per heavy atom. The standard InChI is InChI=1S/C12H22N2O5/c1-2-3-9(11(16)17)6-13-12(18)14-4-5-19-10(7-14)8-15/h9-10,15H,2-8H2,1H3,(H,13,18)(H,16,17). The Bertz CT molecular complexity index is 310. The largest absolute Gasteiger partial charge is 0.481 e. The molecular weight excluding hydrogens is 252 g/mol. The van der Waals surface area contributed by atoms with Crippen LogP contribution in [0.1, 0.15) is 19.8 Å². The number of nitrogens with zero attached hydrogens (tertiary/aromatic N) is 1. The molecule has 2 unspecified atom stereocenters. The number of amides is 2. The third kappa shape index (κ3) is 5.04. The van der Waals surface area contributed by atoms with Crippen molar-refractivity contribution in [2.24, 2.45) is 5.92 Å². The minimum atomic E-state index is -0.891.